The Hall–Kier alpha value is -0.770. The summed E-state index contributed by atoms with van der Waals surface area (Å²) in [7, 11) is 1.67. The van der Waals surface area contributed by atoms with Gasteiger partial charge in [0.15, 0.2) is 0 Å². The Labute approximate surface area is 126 Å². The zero-order valence-electron chi connectivity index (χ0n) is 12.1. The van der Waals surface area contributed by atoms with Gasteiger partial charge in [0.1, 0.15) is 5.75 Å². The fourth-order valence-corrected chi connectivity index (χ4v) is 3.78. The molecule has 0 aliphatic carbocycles. The van der Waals surface area contributed by atoms with Crippen LogP contribution < -0.4 is 10.1 Å². The molecule has 3 rings (SSSR count). The highest BCUT2D eigenvalue weighted by Gasteiger charge is 2.38. The second kappa shape index (κ2) is 5.92. The Bertz CT molecular complexity index is 472. The van der Waals surface area contributed by atoms with Crippen LogP contribution in [-0.2, 0) is 6.54 Å². The molecule has 1 spiro atoms. The zero-order chi connectivity index (χ0) is 14.0. The number of hydrogen-bond acceptors (Lipinski definition) is 3. The van der Waals surface area contributed by atoms with Crippen molar-refractivity contribution in [1.29, 1.82) is 0 Å². The third-order valence-electron chi connectivity index (χ3n) is 4.84. The van der Waals surface area contributed by atoms with Crippen molar-refractivity contribution < 1.29 is 4.74 Å². The van der Waals surface area contributed by atoms with Gasteiger partial charge in [0, 0.05) is 18.1 Å². The summed E-state index contributed by atoms with van der Waals surface area (Å²) >= 11 is 6.35. The Morgan fingerprint density at radius 1 is 1.30 bits per heavy atom. The van der Waals surface area contributed by atoms with Gasteiger partial charge >= 0.3 is 0 Å². The van der Waals surface area contributed by atoms with Crippen molar-refractivity contribution in [3.05, 3.63) is 28.8 Å². The van der Waals surface area contributed by atoms with Gasteiger partial charge in [-0.25, -0.2) is 0 Å². The predicted octanol–water partition coefficient (Wildman–Crippen LogP) is 2.92. The molecule has 0 unspecified atom stereocenters. The number of benzene rings is 1. The summed E-state index contributed by atoms with van der Waals surface area (Å²) in [6.07, 6.45) is 3.97. The summed E-state index contributed by atoms with van der Waals surface area (Å²) in [5.74, 6) is 0.829. The van der Waals surface area contributed by atoms with Crippen molar-refractivity contribution in [3.8, 4) is 5.75 Å². The fraction of sp³-hybridized carbons (Fsp3) is 0.625. The number of hydrogen-bond donors (Lipinski definition) is 1. The average Bonchev–Trinajstić information content (AvgIpc) is 2.84. The lowest BCUT2D eigenvalue weighted by molar-refractivity contribution is 0.194. The molecule has 2 aliphatic heterocycles. The Kier molecular flexibility index (Phi) is 4.20. The number of rotatable bonds is 3. The van der Waals surface area contributed by atoms with Crippen molar-refractivity contribution in [2.45, 2.75) is 25.8 Å². The maximum atomic E-state index is 6.35. The van der Waals surface area contributed by atoms with Crippen molar-refractivity contribution in [2.75, 3.05) is 33.3 Å². The minimum Gasteiger partial charge on any atom is -0.497 e. The lowest BCUT2D eigenvalue weighted by atomic mass is 9.78. The van der Waals surface area contributed by atoms with E-state index in [0.29, 0.717) is 5.41 Å². The molecule has 20 heavy (non-hydrogen) atoms. The van der Waals surface area contributed by atoms with Crippen LogP contribution in [0.2, 0.25) is 5.02 Å². The van der Waals surface area contributed by atoms with E-state index < -0.39 is 0 Å². The SMILES string of the molecule is COc1ccc(CN2CCC3(CCNCC3)C2)c(Cl)c1. The van der Waals surface area contributed by atoms with E-state index >= 15 is 0 Å². The molecule has 0 amide bonds. The fourth-order valence-electron chi connectivity index (χ4n) is 3.55. The number of methoxy groups -OCH3 is 1. The highest BCUT2D eigenvalue weighted by molar-refractivity contribution is 6.31. The van der Waals surface area contributed by atoms with Gasteiger partial charge < -0.3 is 10.1 Å². The molecule has 1 N–H and O–H groups in total. The third-order valence-corrected chi connectivity index (χ3v) is 5.19. The van der Waals surface area contributed by atoms with Crippen molar-refractivity contribution in [1.82, 2.24) is 10.2 Å². The lowest BCUT2D eigenvalue weighted by Crippen LogP contribution is -2.38. The van der Waals surface area contributed by atoms with Gasteiger partial charge in [0.2, 0.25) is 0 Å². The number of likely N-dealkylation sites (tertiary alicyclic amines) is 1. The molecule has 2 fully saturated rings. The normalized spacial score (nSPS) is 22.3. The summed E-state index contributed by atoms with van der Waals surface area (Å²) in [4.78, 5) is 2.55. The highest BCUT2D eigenvalue weighted by Crippen LogP contribution is 2.39. The number of ether oxygens (including phenoxy) is 1. The van der Waals surface area contributed by atoms with Gasteiger partial charge in [-0.2, -0.15) is 0 Å². The molecule has 1 aromatic carbocycles. The second-order valence-corrected chi connectivity index (χ2v) is 6.58. The Balaban J connectivity index is 1.64. The maximum absolute atomic E-state index is 6.35. The minimum atomic E-state index is 0.560. The maximum Gasteiger partial charge on any atom is 0.120 e. The van der Waals surface area contributed by atoms with Crippen LogP contribution in [0.1, 0.15) is 24.8 Å². The van der Waals surface area contributed by atoms with Crippen LogP contribution in [0.4, 0.5) is 0 Å². The number of piperidine rings is 1. The monoisotopic (exact) mass is 294 g/mol. The lowest BCUT2D eigenvalue weighted by Gasteiger charge is -2.34. The summed E-state index contributed by atoms with van der Waals surface area (Å²) in [6, 6.07) is 6.00. The van der Waals surface area contributed by atoms with Crippen LogP contribution in [0, 0.1) is 5.41 Å². The number of nitrogens with one attached hydrogen (secondary N) is 1. The van der Waals surface area contributed by atoms with E-state index in [1.165, 1.54) is 51.0 Å². The molecule has 3 nitrogen and oxygen atoms in total. The molecule has 0 bridgehead atoms. The van der Waals surface area contributed by atoms with Gasteiger partial charge in [-0.3, -0.25) is 4.90 Å². The zero-order valence-corrected chi connectivity index (χ0v) is 12.9. The van der Waals surface area contributed by atoms with Crippen LogP contribution in [-0.4, -0.2) is 38.2 Å². The summed E-state index contributed by atoms with van der Waals surface area (Å²) in [5.41, 5.74) is 1.77. The number of halogens is 1. The molecule has 2 saturated heterocycles. The molecule has 0 aromatic heterocycles. The largest absolute Gasteiger partial charge is 0.497 e. The molecule has 2 aliphatic rings. The van der Waals surface area contributed by atoms with Gasteiger partial charge in [-0.1, -0.05) is 17.7 Å². The second-order valence-electron chi connectivity index (χ2n) is 6.17. The van der Waals surface area contributed by atoms with E-state index in [2.05, 4.69) is 16.3 Å². The standard InChI is InChI=1S/C16H23ClN2O/c1-20-14-3-2-13(15(17)10-14)11-19-9-6-16(12-19)4-7-18-8-5-16/h2-3,10,18H,4-9,11-12H2,1H3. The van der Waals surface area contributed by atoms with E-state index in [4.69, 9.17) is 16.3 Å². The highest BCUT2D eigenvalue weighted by atomic mass is 35.5. The van der Waals surface area contributed by atoms with Gasteiger partial charge in [0.25, 0.3) is 0 Å². The predicted molar refractivity (Wildman–Crippen MR) is 82.4 cm³/mol. The molecule has 4 heteroatoms. The molecule has 110 valence electrons. The van der Waals surface area contributed by atoms with Gasteiger partial charge in [0.05, 0.1) is 7.11 Å². The summed E-state index contributed by atoms with van der Waals surface area (Å²) < 4.78 is 5.21. The average molecular weight is 295 g/mol. The van der Waals surface area contributed by atoms with Crippen LogP contribution in [0.25, 0.3) is 0 Å². The van der Waals surface area contributed by atoms with Crippen LogP contribution in [0.5, 0.6) is 5.75 Å². The van der Waals surface area contributed by atoms with Crippen LogP contribution >= 0.6 is 11.6 Å². The third kappa shape index (κ3) is 2.95. The first-order valence-electron chi connectivity index (χ1n) is 7.46. The van der Waals surface area contributed by atoms with E-state index in [0.717, 1.165) is 17.3 Å². The smallest absolute Gasteiger partial charge is 0.120 e. The molecule has 0 radical (unpaired) electrons. The first-order chi connectivity index (χ1) is 9.71. The van der Waals surface area contributed by atoms with E-state index in [1.54, 1.807) is 7.11 Å². The van der Waals surface area contributed by atoms with Crippen LogP contribution in [0.3, 0.4) is 0 Å². The number of nitrogens with zero attached hydrogens (tertiary/aromatic N) is 1. The molecule has 1 aromatic rings. The van der Waals surface area contributed by atoms with Crippen molar-refractivity contribution >= 4 is 11.6 Å². The molecular weight excluding hydrogens is 272 g/mol. The van der Waals surface area contributed by atoms with Crippen LogP contribution in [0.15, 0.2) is 18.2 Å². The first kappa shape index (κ1) is 14.2. The van der Waals surface area contributed by atoms with Crippen molar-refractivity contribution in [2.24, 2.45) is 5.41 Å². The molecule has 0 saturated carbocycles. The molecule has 0 atom stereocenters. The minimum absolute atomic E-state index is 0.560. The summed E-state index contributed by atoms with van der Waals surface area (Å²) in [5, 5.41) is 4.28. The van der Waals surface area contributed by atoms with E-state index in [9.17, 15) is 0 Å². The topological polar surface area (TPSA) is 24.5 Å². The quantitative estimate of drug-likeness (QED) is 0.928. The van der Waals surface area contributed by atoms with Crippen molar-refractivity contribution in [3.63, 3.8) is 0 Å². The molecule has 2 heterocycles. The Morgan fingerprint density at radius 3 is 2.80 bits per heavy atom. The summed E-state index contributed by atoms with van der Waals surface area (Å²) in [6.45, 7) is 5.73. The van der Waals surface area contributed by atoms with E-state index in [-0.39, 0.29) is 0 Å². The molecular formula is C16H23ClN2O. The van der Waals surface area contributed by atoms with Gasteiger partial charge in [-0.15, -0.1) is 0 Å². The first-order valence-corrected chi connectivity index (χ1v) is 7.84. The van der Waals surface area contributed by atoms with Gasteiger partial charge in [-0.05, 0) is 62.0 Å². The van der Waals surface area contributed by atoms with E-state index in [1.807, 2.05) is 12.1 Å². The Morgan fingerprint density at radius 2 is 2.10 bits per heavy atom.